The number of rotatable bonds is 6. The van der Waals surface area contributed by atoms with Gasteiger partial charge in [0.05, 0.1) is 6.20 Å². The smallest absolute Gasteiger partial charge is 0.244 e. The summed E-state index contributed by atoms with van der Waals surface area (Å²) in [6.07, 6.45) is 5.54. The molecular weight excluding hydrogens is 348 g/mol. The van der Waals surface area contributed by atoms with E-state index in [0.29, 0.717) is 18.3 Å². The van der Waals surface area contributed by atoms with Gasteiger partial charge in [-0.1, -0.05) is 29.8 Å². The van der Waals surface area contributed by atoms with Gasteiger partial charge >= 0.3 is 0 Å². The number of nitrogens with zero attached hydrogens (tertiary/aromatic N) is 4. The van der Waals surface area contributed by atoms with Crippen LogP contribution in [0.2, 0.25) is 0 Å². The van der Waals surface area contributed by atoms with Crippen LogP contribution in [-0.4, -0.2) is 28.3 Å². The summed E-state index contributed by atoms with van der Waals surface area (Å²) in [6.45, 7) is 5.05. The Hall–Kier alpha value is -3.15. The molecule has 0 amide bonds. The van der Waals surface area contributed by atoms with Crippen LogP contribution in [0.25, 0.3) is 0 Å². The molecule has 2 N–H and O–H groups in total. The number of aryl methyl sites for hydroxylation is 1. The molecule has 0 bridgehead atoms. The van der Waals surface area contributed by atoms with Crippen LogP contribution in [0, 0.1) is 6.92 Å². The molecule has 4 rings (SSSR count). The molecule has 0 radical (unpaired) electrons. The highest BCUT2D eigenvalue weighted by atomic mass is 15.3. The zero-order valence-electron chi connectivity index (χ0n) is 16.2. The summed E-state index contributed by atoms with van der Waals surface area (Å²) in [5.41, 5.74) is 4.70. The maximum atomic E-state index is 4.51. The molecule has 2 heterocycles. The predicted molar refractivity (Wildman–Crippen MR) is 114 cm³/mol. The van der Waals surface area contributed by atoms with Gasteiger partial charge in [0.15, 0.2) is 5.82 Å². The Morgan fingerprint density at radius 3 is 2.61 bits per heavy atom. The fourth-order valence-corrected chi connectivity index (χ4v) is 3.50. The molecule has 1 saturated heterocycles. The van der Waals surface area contributed by atoms with Gasteiger partial charge in [0.1, 0.15) is 0 Å². The Kier molecular flexibility index (Phi) is 5.66. The lowest BCUT2D eigenvalue weighted by Gasteiger charge is -2.28. The third-order valence-corrected chi connectivity index (χ3v) is 4.95. The Morgan fingerprint density at radius 1 is 1.00 bits per heavy atom. The van der Waals surface area contributed by atoms with Crippen molar-refractivity contribution in [1.82, 2.24) is 15.2 Å². The van der Waals surface area contributed by atoms with Crippen molar-refractivity contribution in [3.05, 3.63) is 65.9 Å². The summed E-state index contributed by atoms with van der Waals surface area (Å²) in [5, 5.41) is 14.7. The molecule has 2 aromatic carbocycles. The fourth-order valence-electron chi connectivity index (χ4n) is 3.50. The Bertz CT molecular complexity index is 903. The highest BCUT2D eigenvalue weighted by Crippen LogP contribution is 2.23. The molecule has 144 valence electrons. The van der Waals surface area contributed by atoms with Gasteiger partial charge in [0.2, 0.25) is 5.95 Å². The van der Waals surface area contributed by atoms with Crippen LogP contribution >= 0.6 is 0 Å². The van der Waals surface area contributed by atoms with Gasteiger partial charge in [-0.3, -0.25) is 0 Å². The molecule has 0 atom stereocenters. The molecule has 0 saturated carbocycles. The number of benzene rings is 2. The van der Waals surface area contributed by atoms with E-state index in [4.69, 9.17) is 0 Å². The first-order chi connectivity index (χ1) is 13.8. The summed E-state index contributed by atoms with van der Waals surface area (Å²) in [4.78, 5) is 6.96. The van der Waals surface area contributed by atoms with Crippen LogP contribution in [0.3, 0.4) is 0 Å². The summed E-state index contributed by atoms with van der Waals surface area (Å²) < 4.78 is 0. The van der Waals surface area contributed by atoms with Crippen molar-refractivity contribution in [3.63, 3.8) is 0 Å². The van der Waals surface area contributed by atoms with E-state index in [1.807, 2.05) is 0 Å². The third kappa shape index (κ3) is 4.76. The normalized spacial score (nSPS) is 14.0. The van der Waals surface area contributed by atoms with E-state index in [1.165, 1.54) is 36.1 Å². The minimum Gasteiger partial charge on any atom is -0.372 e. The van der Waals surface area contributed by atoms with E-state index < -0.39 is 0 Å². The van der Waals surface area contributed by atoms with Gasteiger partial charge in [0, 0.05) is 31.0 Å². The van der Waals surface area contributed by atoms with Crippen molar-refractivity contribution < 1.29 is 0 Å². The maximum Gasteiger partial charge on any atom is 0.244 e. The van der Waals surface area contributed by atoms with Gasteiger partial charge in [-0.2, -0.15) is 10.1 Å². The van der Waals surface area contributed by atoms with E-state index >= 15 is 0 Å². The zero-order chi connectivity index (χ0) is 19.2. The highest BCUT2D eigenvalue weighted by molar-refractivity contribution is 5.61. The quantitative estimate of drug-likeness (QED) is 0.661. The first-order valence-electron chi connectivity index (χ1n) is 9.87. The van der Waals surface area contributed by atoms with Crippen LogP contribution in [0.4, 0.5) is 23.1 Å². The molecule has 6 nitrogen and oxygen atoms in total. The molecule has 1 aliphatic rings. The fraction of sp³-hybridized carbons (Fsp3) is 0.318. The van der Waals surface area contributed by atoms with Crippen LogP contribution in [-0.2, 0) is 6.54 Å². The number of hydrogen-bond acceptors (Lipinski definition) is 6. The third-order valence-electron chi connectivity index (χ3n) is 4.95. The molecule has 0 unspecified atom stereocenters. The number of piperidine rings is 1. The molecule has 6 heteroatoms. The number of aromatic nitrogens is 3. The largest absolute Gasteiger partial charge is 0.372 e. The van der Waals surface area contributed by atoms with E-state index in [0.717, 1.165) is 18.8 Å². The van der Waals surface area contributed by atoms with Crippen molar-refractivity contribution in [1.29, 1.82) is 0 Å². The molecule has 0 aliphatic carbocycles. The van der Waals surface area contributed by atoms with Crippen LogP contribution in [0.15, 0.2) is 54.7 Å². The SMILES string of the molecule is Cc1cccc(CNc2nncc(Nc3ccc(N4CCCCC4)cc3)n2)c1. The highest BCUT2D eigenvalue weighted by Gasteiger charge is 2.10. The standard InChI is InChI=1S/C22H26N6/c1-17-6-5-7-18(14-17)15-23-22-26-21(16-24-27-22)25-19-8-10-20(11-9-19)28-12-3-2-4-13-28/h5-11,14,16H,2-4,12-13,15H2,1H3,(H2,23,25,26,27). The second-order valence-corrected chi connectivity index (χ2v) is 7.23. The Balaban J connectivity index is 1.37. The number of nitrogens with one attached hydrogen (secondary N) is 2. The summed E-state index contributed by atoms with van der Waals surface area (Å²) in [5.74, 6) is 1.18. The van der Waals surface area contributed by atoms with E-state index in [2.05, 4.69) is 86.2 Å². The predicted octanol–water partition coefficient (Wildman–Crippen LogP) is 4.53. The van der Waals surface area contributed by atoms with Crippen LogP contribution < -0.4 is 15.5 Å². The van der Waals surface area contributed by atoms with Crippen LogP contribution in [0.5, 0.6) is 0 Å². The zero-order valence-corrected chi connectivity index (χ0v) is 16.2. The summed E-state index contributed by atoms with van der Waals surface area (Å²) in [7, 11) is 0. The average molecular weight is 374 g/mol. The van der Waals surface area contributed by atoms with Gasteiger partial charge in [-0.25, -0.2) is 0 Å². The van der Waals surface area contributed by atoms with Crippen LogP contribution in [0.1, 0.15) is 30.4 Å². The minimum atomic E-state index is 0.511. The van der Waals surface area contributed by atoms with Gasteiger partial charge in [0.25, 0.3) is 0 Å². The Morgan fingerprint density at radius 2 is 1.82 bits per heavy atom. The van der Waals surface area contributed by atoms with Gasteiger partial charge in [-0.05, 0) is 56.0 Å². The number of anilines is 4. The van der Waals surface area contributed by atoms with E-state index in [9.17, 15) is 0 Å². The maximum absolute atomic E-state index is 4.51. The van der Waals surface area contributed by atoms with Crippen molar-refractivity contribution >= 4 is 23.1 Å². The second kappa shape index (κ2) is 8.69. The first kappa shape index (κ1) is 18.2. The lowest BCUT2D eigenvalue weighted by molar-refractivity contribution is 0.578. The van der Waals surface area contributed by atoms with Gasteiger partial charge < -0.3 is 15.5 Å². The molecular formula is C22H26N6. The molecule has 1 aromatic heterocycles. The van der Waals surface area contributed by atoms with Crippen molar-refractivity contribution in [2.75, 3.05) is 28.6 Å². The second-order valence-electron chi connectivity index (χ2n) is 7.23. The van der Waals surface area contributed by atoms with E-state index in [1.54, 1.807) is 6.20 Å². The van der Waals surface area contributed by atoms with Crippen molar-refractivity contribution in [2.24, 2.45) is 0 Å². The van der Waals surface area contributed by atoms with Crippen molar-refractivity contribution in [2.45, 2.75) is 32.7 Å². The van der Waals surface area contributed by atoms with Crippen molar-refractivity contribution in [3.8, 4) is 0 Å². The molecule has 28 heavy (non-hydrogen) atoms. The Labute approximate surface area is 166 Å². The molecule has 1 aliphatic heterocycles. The minimum absolute atomic E-state index is 0.511. The average Bonchev–Trinajstić information content (AvgIpc) is 2.74. The van der Waals surface area contributed by atoms with E-state index in [-0.39, 0.29) is 0 Å². The molecule has 0 spiro atoms. The summed E-state index contributed by atoms with van der Waals surface area (Å²) >= 11 is 0. The molecule has 1 fully saturated rings. The summed E-state index contributed by atoms with van der Waals surface area (Å²) in [6, 6.07) is 16.9. The van der Waals surface area contributed by atoms with Gasteiger partial charge in [-0.15, -0.1) is 5.10 Å². The molecule has 3 aromatic rings. The topological polar surface area (TPSA) is 66.0 Å². The first-order valence-corrected chi connectivity index (χ1v) is 9.87. The lowest BCUT2D eigenvalue weighted by atomic mass is 10.1. The number of hydrogen-bond donors (Lipinski definition) is 2. The lowest BCUT2D eigenvalue weighted by Crippen LogP contribution is -2.29. The monoisotopic (exact) mass is 374 g/mol.